The monoisotopic (exact) mass is 460 g/mol. The van der Waals surface area contributed by atoms with Crippen LogP contribution in [0.25, 0.3) is 11.4 Å². The van der Waals surface area contributed by atoms with E-state index in [1.54, 1.807) is 11.7 Å². The molecule has 0 bridgehead atoms. The van der Waals surface area contributed by atoms with Crippen LogP contribution >= 0.6 is 28.1 Å². The van der Waals surface area contributed by atoms with Crippen LogP contribution < -0.4 is 10.1 Å². The Morgan fingerprint density at radius 3 is 2.54 bits per heavy atom. The van der Waals surface area contributed by atoms with Gasteiger partial charge in [-0.05, 0) is 60.6 Å². The lowest BCUT2D eigenvalue weighted by Gasteiger charge is -2.18. The zero-order valence-electron chi connectivity index (χ0n) is 15.6. The Bertz CT molecular complexity index is 996. The van der Waals surface area contributed by atoms with E-state index in [4.69, 9.17) is 17.0 Å². The van der Waals surface area contributed by atoms with Gasteiger partial charge in [-0.25, -0.2) is 0 Å². The number of methoxy groups -OCH3 is 1. The average molecular weight is 461 g/mol. The molecule has 0 aliphatic heterocycles. The molecule has 1 atom stereocenters. The van der Waals surface area contributed by atoms with Crippen LogP contribution in [0.4, 0.5) is 0 Å². The van der Waals surface area contributed by atoms with Crippen LogP contribution in [-0.2, 0) is 11.3 Å². The van der Waals surface area contributed by atoms with Gasteiger partial charge in [0.2, 0.25) is 5.91 Å². The number of nitrogens with one attached hydrogen (secondary N) is 2. The topological polar surface area (TPSA) is 71.9 Å². The summed E-state index contributed by atoms with van der Waals surface area (Å²) in [7, 11) is 1.62. The molecule has 6 nitrogen and oxygen atoms in total. The van der Waals surface area contributed by atoms with Gasteiger partial charge in [-0.15, -0.1) is 0 Å². The molecular weight excluding hydrogens is 440 g/mol. The highest BCUT2D eigenvalue weighted by Crippen LogP contribution is 2.22. The molecule has 0 spiro atoms. The van der Waals surface area contributed by atoms with Gasteiger partial charge in [-0.3, -0.25) is 14.5 Å². The van der Waals surface area contributed by atoms with E-state index in [-0.39, 0.29) is 18.5 Å². The van der Waals surface area contributed by atoms with Crippen molar-refractivity contribution in [2.24, 2.45) is 0 Å². The summed E-state index contributed by atoms with van der Waals surface area (Å²) in [6.45, 7) is 2.13. The molecule has 146 valence electrons. The van der Waals surface area contributed by atoms with Crippen LogP contribution in [0.5, 0.6) is 5.75 Å². The van der Waals surface area contributed by atoms with Crippen molar-refractivity contribution in [2.75, 3.05) is 7.11 Å². The third-order valence-electron chi connectivity index (χ3n) is 4.42. The molecule has 0 fully saturated rings. The molecule has 3 aromatic rings. The van der Waals surface area contributed by atoms with E-state index in [0.29, 0.717) is 10.6 Å². The number of hydrogen-bond acceptors (Lipinski definition) is 4. The van der Waals surface area contributed by atoms with Crippen molar-refractivity contribution in [3.63, 3.8) is 0 Å². The van der Waals surface area contributed by atoms with Crippen molar-refractivity contribution < 1.29 is 9.53 Å². The standard InChI is InChI=1S/C20H21BrN4O2S/c1-3-17(13-4-8-15(21)9-5-13)22-18(26)12-25-19(23-24-20(25)28)14-6-10-16(27-2)11-7-14/h4-11,17H,3,12H2,1-2H3,(H,22,26)(H,24,28). The lowest BCUT2D eigenvalue weighted by atomic mass is 10.0. The number of H-pyrrole nitrogens is 1. The highest BCUT2D eigenvalue weighted by molar-refractivity contribution is 9.10. The van der Waals surface area contributed by atoms with Crippen LogP contribution in [-0.4, -0.2) is 27.8 Å². The summed E-state index contributed by atoms with van der Waals surface area (Å²) in [5, 5.41) is 10.1. The van der Waals surface area contributed by atoms with Gasteiger partial charge in [-0.1, -0.05) is 35.0 Å². The summed E-state index contributed by atoms with van der Waals surface area (Å²) < 4.78 is 8.29. The second kappa shape index (κ2) is 9.16. The van der Waals surface area contributed by atoms with Gasteiger partial charge in [0.05, 0.1) is 13.2 Å². The van der Waals surface area contributed by atoms with Crippen molar-refractivity contribution in [2.45, 2.75) is 25.9 Å². The van der Waals surface area contributed by atoms with Gasteiger partial charge in [0.1, 0.15) is 12.3 Å². The van der Waals surface area contributed by atoms with Gasteiger partial charge < -0.3 is 10.1 Å². The third kappa shape index (κ3) is 4.69. The van der Waals surface area contributed by atoms with E-state index in [9.17, 15) is 4.79 Å². The Kier molecular flexibility index (Phi) is 6.64. The molecule has 1 unspecified atom stereocenters. The Morgan fingerprint density at radius 1 is 1.25 bits per heavy atom. The quantitative estimate of drug-likeness (QED) is 0.503. The minimum Gasteiger partial charge on any atom is -0.497 e. The molecule has 2 aromatic carbocycles. The lowest BCUT2D eigenvalue weighted by Crippen LogP contribution is -2.31. The maximum atomic E-state index is 12.7. The van der Waals surface area contributed by atoms with Crippen LogP contribution in [0.1, 0.15) is 24.9 Å². The highest BCUT2D eigenvalue weighted by Gasteiger charge is 2.16. The number of amides is 1. The molecule has 1 heterocycles. The summed E-state index contributed by atoms with van der Waals surface area (Å²) in [6.07, 6.45) is 0.787. The smallest absolute Gasteiger partial charge is 0.240 e. The molecule has 3 rings (SSSR count). The zero-order valence-corrected chi connectivity index (χ0v) is 18.0. The predicted octanol–water partition coefficient (Wildman–Crippen LogP) is 4.65. The van der Waals surface area contributed by atoms with E-state index in [0.717, 1.165) is 27.8 Å². The molecule has 2 N–H and O–H groups in total. The molecule has 8 heteroatoms. The average Bonchev–Trinajstić information content (AvgIpc) is 3.07. The molecule has 1 aromatic heterocycles. The van der Waals surface area contributed by atoms with E-state index >= 15 is 0 Å². The van der Waals surface area contributed by atoms with Crippen molar-refractivity contribution in [3.8, 4) is 17.1 Å². The Hall–Kier alpha value is -2.45. The minimum atomic E-state index is -0.123. The predicted molar refractivity (Wildman–Crippen MR) is 115 cm³/mol. The Labute approximate surface area is 177 Å². The van der Waals surface area contributed by atoms with Gasteiger partial charge >= 0.3 is 0 Å². The number of carbonyl (C=O) groups is 1. The van der Waals surface area contributed by atoms with E-state index in [1.807, 2.05) is 55.5 Å². The Balaban J connectivity index is 1.77. The second-order valence-corrected chi connectivity index (χ2v) is 7.55. The molecule has 0 aliphatic carbocycles. The molecule has 0 saturated heterocycles. The van der Waals surface area contributed by atoms with Crippen LogP contribution in [0.2, 0.25) is 0 Å². The molecule has 1 amide bonds. The SMILES string of the molecule is CCC(NC(=O)Cn1c(-c2ccc(OC)cc2)n[nH]c1=S)c1ccc(Br)cc1. The third-order valence-corrected chi connectivity index (χ3v) is 5.26. The summed E-state index contributed by atoms with van der Waals surface area (Å²) >= 11 is 8.76. The number of hydrogen-bond donors (Lipinski definition) is 2. The number of rotatable bonds is 7. The van der Waals surface area contributed by atoms with Crippen molar-refractivity contribution in [1.82, 2.24) is 20.1 Å². The van der Waals surface area contributed by atoms with Crippen molar-refractivity contribution >= 4 is 34.1 Å². The van der Waals surface area contributed by atoms with Crippen LogP contribution in [0.15, 0.2) is 53.0 Å². The van der Waals surface area contributed by atoms with E-state index < -0.39 is 0 Å². The summed E-state index contributed by atoms with van der Waals surface area (Å²) in [4.78, 5) is 12.7. The maximum absolute atomic E-state index is 12.7. The van der Waals surface area contributed by atoms with Gasteiger partial charge in [0, 0.05) is 10.0 Å². The van der Waals surface area contributed by atoms with Gasteiger partial charge in [0.25, 0.3) is 0 Å². The summed E-state index contributed by atoms with van der Waals surface area (Å²) in [6, 6.07) is 15.3. The number of nitrogens with zero attached hydrogens (tertiary/aromatic N) is 2. The van der Waals surface area contributed by atoms with Crippen molar-refractivity contribution in [3.05, 3.63) is 63.3 Å². The first kappa shape index (κ1) is 20.3. The number of aromatic amines is 1. The fraction of sp³-hybridized carbons (Fsp3) is 0.250. The molecule has 0 radical (unpaired) electrons. The molecule has 28 heavy (non-hydrogen) atoms. The summed E-state index contributed by atoms with van der Waals surface area (Å²) in [5.41, 5.74) is 1.91. The van der Waals surface area contributed by atoms with E-state index in [1.165, 1.54) is 0 Å². The number of ether oxygens (including phenoxy) is 1. The number of benzene rings is 2. The first-order valence-corrected chi connectivity index (χ1v) is 10.1. The van der Waals surface area contributed by atoms with E-state index in [2.05, 4.69) is 31.4 Å². The normalized spacial score (nSPS) is 11.8. The largest absolute Gasteiger partial charge is 0.497 e. The zero-order chi connectivity index (χ0) is 20.1. The van der Waals surface area contributed by atoms with Crippen LogP contribution in [0, 0.1) is 4.77 Å². The second-order valence-electron chi connectivity index (χ2n) is 6.25. The minimum absolute atomic E-state index is 0.0638. The van der Waals surface area contributed by atoms with Crippen LogP contribution in [0.3, 0.4) is 0 Å². The lowest BCUT2D eigenvalue weighted by molar-refractivity contribution is -0.122. The number of carbonyl (C=O) groups excluding carboxylic acids is 1. The molecule has 0 aliphatic rings. The summed E-state index contributed by atoms with van der Waals surface area (Å²) in [5.74, 6) is 1.24. The van der Waals surface area contributed by atoms with Crippen molar-refractivity contribution in [1.29, 1.82) is 0 Å². The maximum Gasteiger partial charge on any atom is 0.240 e. The van der Waals surface area contributed by atoms with Gasteiger partial charge in [-0.2, -0.15) is 5.10 Å². The molecule has 0 saturated carbocycles. The Morgan fingerprint density at radius 2 is 1.93 bits per heavy atom. The van der Waals surface area contributed by atoms with Gasteiger partial charge in [0.15, 0.2) is 10.6 Å². The fourth-order valence-electron chi connectivity index (χ4n) is 2.92. The first-order chi connectivity index (χ1) is 13.5. The first-order valence-electron chi connectivity index (χ1n) is 8.86. The number of aromatic nitrogens is 3. The fourth-order valence-corrected chi connectivity index (χ4v) is 3.39. The number of halogens is 1. The molecular formula is C20H21BrN4O2S. The highest BCUT2D eigenvalue weighted by atomic mass is 79.9.